The van der Waals surface area contributed by atoms with Crippen molar-refractivity contribution in [3.63, 3.8) is 0 Å². The van der Waals surface area contributed by atoms with E-state index in [1.165, 1.54) is 18.5 Å². The Morgan fingerprint density at radius 3 is 2.38 bits per heavy atom. The van der Waals surface area contributed by atoms with Crippen LogP contribution in [0.25, 0.3) is 0 Å². The Bertz CT molecular complexity index is 913. The number of nitrogens with one attached hydrogen (secondary N) is 1. The highest BCUT2D eigenvalue weighted by molar-refractivity contribution is 6.34. The molecule has 2 saturated heterocycles. The maximum atomic E-state index is 12.8. The smallest absolute Gasteiger partial charge is 0.229 e. The standard InChI is InChI=1S/C23H26ClN3O2/c1-15-11-16(2)22(20(24)12-15)25-23(29)17-13-21(28)27(14-17)19-7-5-18(6-8-19)26-9-3-4-10-26/h5-8,11-12,17H,3-4,9-10,13-14H2,1-2H3,(H,25,29). The second kappa shape index (κ2) is 8.07. The highest BCUT2D eigenvalue weighted by atomic mass is 35.5. The maximum Gasteiger partial charge on any atom is 0.229 e. The summed E-state index contributed by atoms with van der Waals surface area (Å²) in [5, 5.41) is 3.45. The molecule has 0 spiro atoms. The Morgan fingerprint density at radius 1 is 1.07 bits per heavy atom. The van der Waals surface area contributed by atoms with E-state index in [1.807, 2.05) is 38.1 Å². The fraction of sp³-hybridized carbons (Fsp3) is 0.391. The highest BCUT2D eigenvalue weighted by Gasteiger charge is 2.35. The van der Waals surface area contributed by atoms with Crippen molar-refractivity contribution in [3.8, 4) is 0 Å². The van der Waals surface area contributed by atoms with E-state index in [4.69, 9.17) is 11.6 Å². The molecule has 4 rings (SSSR count). The van der Waals surface area contributed by atoms with Gasteiger partial charge in [-0.15, -0.1) is 0 Å². The molecular weight excluding hydrogens is 386 g/mol. The Kier molecular flexibility index (Phi) is 5.50. The molecule has 0 aromatic heterocycles. The minimum atomic E-state index is -0.391. The van der Waals surface area contributed by atoms with Crippen LogP contribution in [0.15, 0.2) is 36.4 Å². The van der Waals surface area contributed by atoms with Gasteiger partial charge in [0.25, 0.3) is 0 Å². The molecule has 2 aliphatic rings. The van der Waals surface area contributed by atoms with Crippen molar-refractivity contribution in [2.24, 2.45) is 5.92 Å². The summed E-state index contributed by atoms with van der Waals surface area (Å²) in [4.78, 5) is 29.4. The summed E-state index contributed by atoms with van der Waals surface area (Å²) < 4.78 is 0. The van der Waals surface area contributed by atoms with E-state index in [9.17, 15) is 9.59 Å². The van der Waals surface area contributed by atoms with Crippen LogP contribution < -0.4 is 15.1 Å². The predicted octanol–water partition coefficient (Wildman–Crippen LogP) is 4.55. The van der Waals surface area contributed by atoms with Gasteiger partial charge in [0.1, 0.15) is 0 Å². The maximum absolute atomic E-state index is 12.8. The third-order valence-electron chi connectivity index (χ3n) is 5.81. The van der Waals surface area contributed by atoms with Gasteiger partial charge in [0, 0.05) is 37.4 Å². The molecule has 1 unspecified atom stereocenters. The topological polar surface area (TPSA) is 52.7 Å². The Hall–Kier alpha value is -2.53. The molecule has 2 heterocycles. The summed E-state index contributed by atoms with van der Waals surface area (Å²) in [7, 11) is 0. The largest absolute Gasteiger partial charge is 0.372 e. The lowest BCUT2D eigenvalue weighted by atomic mass is 10.1. The van der Waals surface area contributed by atoms with Gasteiger partial charge in [0.15, 0.2) is 0 Å². The lowest BCUT2D eigenvalue weighted by Gasteiger charge is -2.21. The average Bonchev–Trinajstić information content (AvgIpc) is 3.34. The van der Waals surface area contributed by atoms with Gasteiger partial charge in [-0.2, -0.15) is 0 Å². The number of carbonyl (C=O) groups is 2. The second-order valence-electron chi connectivity index (χ2n) is 8.04. The fourth-order valence-electron chi connectivity index (χ4n) is 4.25. The van der Waals surface area contributed by atoms with Crippen LogP contribution in [-0.4, -0.2) is 31.4 Å². The van der Waals surface area contributed by atoms with Gasteiger partial charge in [0.05, 0.1) is 16.6 Å². The van der Waals surface area contributed by atoms with Gasteiger partial charge in [-0.3, -0.25) is 9.59 Å². The molecule has 0 radical (unpaired) electrons. The molecule has 2 fully saturated rings. The number of carbonyl (C=O) groups excluding carboxylic acids is 2. The highest BCUT2D eigenvalue weighted by Crippen LogP contribution is 2.31. The van der Waals surface area contributed by atoms with E-state index in [0.717, 1.165) is 29.9 Å². The number of hydrogen-bond acceptors (Lipinski definition) is 3. The molecular formula is C23H26ClN3O2. The summed E-state index contributed by atoms with van der Waals surface area (Å²) >= 11 is 6.31. The Balaban J connectivity index is 1.44. The summed E-state index contributed by atoms with van der Waals surface area (Å²) in [6.07, 6.45) is 2.67. The first kappa shape index (κ1) is 19.8. The molecule has 0 saturated carbocycles. The number of rotatable bonds is 4. The number of amides is 2. The van der Waals surface area contributed by atoms with Crippen molar-refractivity contribution in [1.29, 1.82) is 0 Å². The van der Waals surface area contributed by atoms with E-state index < -0.39 is 5.92 Å². The normalized spacial score (nSPS) is 19.1. The van der Waals surface area contributed by atoms with E-state index in [-0.39, 0.29) is 18.2 Å². The molecule has 0 bridgehead atoms. The molecule has 0 aliphatic carbocycles. The lowest BCUT2D eigenvalue weighted by Crippen LogP contribution is -2.28. The van der Waals surface area contributed by atoms with Gasteiger partial charge in [-0.05, 0) is 68.1 Å². The van der Waals surface area contributed by atoms with Crippen LogP contribution in [0.4, 0.5) is 17.1 Å². The lowest BCUT2D eigenvalue weighted by molar-refractivity contribution is -0.122. The third kappa shape index (κ3) is 4.10. The zero-order chi connectivity index (χ0) is 20.5. The van der Waals surface area contributed by atoms with Crippen LogP contribution in [0, 0.1) is 19.8 Å². The monoisotopic (exact) mass is 411 g/mol. The molecule has 5 nitrogen and oxygen atoms in total. The number of benzene rings is 2. The van der Waals surface area contributed by atoms with Crippen molar-refractivity contribution >= 4 is 40.5 Å². The van der Waals surface area contributed by atoms with E-state index in [2.05, 4.69) is 22.3 Å². The first-order chi connectivity index (χ1) is 13.9. The van der Waals surface area contributed by atoms with Crippen LogP contribution >= 0.6 is 11.6 Å². The van der Waals surface area contributed by atoms with Crippen LogP contribution in [0.5, 0.6) is 0 Å². The second-order valence-corrected chi connectivity index (χ2v) is 8.45. The Labute approximate surface area is 176 Å². The van der Waals surface area contributed by atoms with Gasteiger partial charge >= 0.3 is 0 Å². The van der Waals surface area contributed by atoms with Gasteiger partial charge in [-0.25, -0.2) is 0 Å². The molecule has 2 aromatic rings. The number of halogens is 1. The number of nitrogens with zero attached hydrogens (tertiary/aromatic N) is 2. The molecule has 2 aliphatic heterocycles. The minimum Gasteiger partial charge on any atom is -0.372 e. The summed E-state index contributed by atoms with van der Waals surface area (Å²) in [5.41, 5.74) is 4.63. The quantitative estimate of drug-likeness (QED) is 0.803. The van der Waals surface area contributed by atoms with Gasteiger partial charge < -0.3 is 15.1 Å². The van der Waals surface area contributed by atoms with Crippen LogP contribution in [0.2, 0.25) is 5.02 Å². The zero-order valence-electron chi connectivity index (χ0n) is 16.9. The van der Waals surface area contributed by atoms with E-state index >= 15 is 0 Å². The first-order valence-electron chi connectivity index (χ1n) is 10.2. The molecule has 1 N–H and O–H groups in total. The van der Waals surface area contributed by atoms with Crippen molar-refractivity contribution in [2.75, 3.05) is 34.8 Å². The molecule has 2 amide bonds. The van der Waals surface area contributed by atoms with Crippen LogP contribution in [0.1, 0.15) is 30.4 Å². The van der Waals surface area contributed by atoms with E-state index in [0.29, 0.717) is 17.3 Å². The first-order valence-corrected chi connectivity index (χ1v) is 10.5. The van der Waals surface area contributed by atoms with Crippen molar-refractivity contribution in [3.05, 3.63) is 52.5 Å². The van der Waals surface area contributed by atoms with Gasteiger partial charge in [0.2, 0.25) is 11.8 Å². The number of aryl methyl sites for hydroxylation is 2. The van der Waals surface area contributed by atoms with Crippen molar-refractivity contribution in [2.45, 2.75) is 33.1 Å². The minimum absolute atomic E-state index is 0.0224. The number of hydrogen-bond donors (Lipinski definition) is 1. The van der Waals surface area contributed by atoms with Crippen LogP contribution in [-0.2, 0) is 9.59 Å². The zero-order valence-corrected chi connectivity index (χ0v) is 17.6. The SMILES string of the molecule is Cc1cc(C)c(NC(=O)C2CC(=O)N(c3ccc(N4CCCC4)cc3)C2)c(Cl)c1. The van der Waals surface area contributed by atoms with Crippen LogP contribution in [0.3, 0.4) is 0 Å². The molecule has 1 atom stereocenters. The summed E-state index contributed by atoms with van der Waals surface area (Å²) in [5.74, 6) is -0.577. The third-order valence-corrected chi connectivity index (χ3v) is 6.11. The van der Waals surface area contributed by atoms with Crippen molar-refractivity contribution in [1.82, 2.24) is 0 Å². The summed E-state index contributed by atoms with van der Waals surface area (Å²) in [6, 6.07) is 11.9. The molecule has 6 heteroatoms. The molecule has 29 heavy (non-hydrogen) atoms. The summed E-state index contributed by atoms with van der Waals surface area (Å²) in [6.45, 7) is 6.45. The fourth-order valence-corrected chi connectivity index (χ4v) is 4.62. The predicted molar refractivity (Wildman–Crippen MR) is 118 cm³/mol. The Morgan fingerprint density at radius 2 is 1.72 bits per heavy atom. The molecule has 152 valence electrons. The van der Waals surface area contributed by atoms with E-state index in [1.54, 1.807) is 4.90 Å². The average molecular weight is 412 g/mol. The van der Waals surface area contributed by atoms with Crippen molar-refractivity contribution < 1.29 is 9.59 Å². The molecule has 2 aromatic carbocycles. The van der Waals surface area contributed by atoms with Gasteiger partial charge in [-0.1, -0.05) is 17.7 Å². The number of anilines is 3.